The van der Waals surface area contributed by atoms with Gasteiger partial charge < -0.3 is 10.1 Å². The molecule has 2 aliphatic rings. The maximum atomic E-state index is 12.9. The van der Waals surface area contributed by atoms with E-state index in [1.165, 1.54) is 36.0 Å². The minimum atomic E-state index is -0.340. The molecule has 0 bridgehead atoms. The van der Waals surface area contributed by atoms with Crippen molar-refractivity contribution in [1.82, 2.24) is 9.80 Å². The van der Waals surface area contributed by atoms with Gasteiger partial charge in [0.2, 0.25) is 5.91 Å². The molecule has 1 fully saturated rings. The average molecular weight is 470 g/mol. The number of nitrogens with zero attached hydrogens (tertiary/aromatic N) is 2. The van der Waals surface area contributed by atoms with Gasteiger partial charge in [-0.25, -0.2) is 4.79 Å². The summed E-state index contributed by atoms with van der Waals surface area (Å²) in [6.07, 6.45) is 6.48. The normalized spacial score (nSPS) is 17.6. The topological polar surface area (TPSA) is 61.9 Å². The van der Waals surface area contributed by atoms with Crippen molar-refractivity contribution in [3.05, 3.63) is 51.4 Å². The number of carbonyl (C=O) groups is 2. The van der Waals surface area contributed by atoms with Crippen LogP contribution in [0.25, 0.3) is 0 Å². The number of methoxy groups -OCH3 is 1. The van der Waals surface area contributed by atoms with Crippen LogP contribution in [0.15, 0.2) is 24.3 Å². The molecular weight excluding hydrogens is 434 g/mol. The summed E-state index contributed by atoms with van der Waals surface area (Å²) in [6.45, 7) is 7.03. The number of nitrogens with one attached hydrogen (secondary N) is 1. The third kappa shape index (κ3) is 6.22. The molecule has 0 spiro atoms. The predicted octanol–water partition coefficient (Wildman–Crippen LogP) is 4.26. The SMILES string of the molecule is COC(=O)c1c(NC(=O)CN2CCN(Cc3ccc(C)cc3)CC2)sc2c1CCCCCC2. The highest BCUT2D eigenvalue weighted by Crippen LogP contribution is 2.37. The van der Waals surface area contributed by atoms with Gasteiger partial charge in [-0.3, -0.25) is 14.6 Å². The minimum absolute atomic E-state index is 0.0543. The van der Waals surface area contributed by atoms with Crippen LogP contribution >= 0.6 is 11.3 Å². The van der Waals surface area contributed by atoms with E-state index in [2.05, 4.69) is 46.3 Å². The summed E-state index contributed by atoms with van der Waals surface area (Å²) in [5.41, 5.74) is 4.28. The van der Waals surface area contributed by atoms with Crippen molar-refractivity contribution in [2.75, 3.05) is 45.2 Å². The first kappa shape index (κ1) is 23.9. The van der Waals surface area contributed by atoms with Crippen molar-refractivity contribution in [3.63, 3.8) is 0 Å². The number of amides is 1. The van der Waals surface area contributed by atoms with E-state index in [4.69, 9.17) is 4.74 Å². The first-order valence-corrected chi connectivity index (χ1v) is 12.9. The van der Waals surface area contributed by atoms with Crippen molar-refractivity contribution in [3.8, 4) is 0 Å². The molecule has 1 aliphatic carbocycles. The first-order valence-electron chi connectivity index (χ1n) is 12.1. The van der Waals surface area contributed by atoms with Gasteiger partial charge in [0, 0.05) is 37.6 Å². The van der Waals surface area contributed by atoms with Crippen molar-refractivity contribution in [2.45, 2.75) is 52.0 Å². The van der Waals surface area contributed by atoms with Gasteiger partial charge in [-0.1, -0.05) is 42.7 Å². The number of ether oxygens (including phenoxy) is 1. The molecule has 1 aromatic carbocycles. The average Bonchev–Trinajstić information content (AvgIpc) is 3.11. The van der Waals surface area contributed by atoms with Crippen LogP contribution in [0.5, 0.6) is 0 Å². The highest BCUT2D eigenvalue weighted by molar-refractivity contribution is 7.17. The summed E-state index contributed by atoms with van der Waals surface area (Å²) in [5, 5.41) is 3.71. The quantitative estimate of drug-likeness (QED) is 0.641. The first-order chi connectivity index (χ1) is 16.0. The van der Waals surface area contributed by atoms with E-state index in [-0.39, 0.29) is 11.9 Å². The van der Waals surface area contributed by atoms with Crippen LogP contribution in [0.4, 0.5) is 5.00 Å². The summed E-state index contributed by atoms with van der Waals surface area (Å²) in [6, 6.07) is 8.70. The number of hydrogen-bond donors (Lipinski definition) is 1. The Labute approximate surface area is 200 Å². The maximum absolute atomic E-state index is 12.9. The van der Waals surface area contributed by atoms with Gasteiger partial charge in [0.05, 0.1) is 19.2 Å². The summed E-state index contributed by atoms with van der Waals surface area (Å²) < 4.78 is 5.07. The molecule has 4 rings (SSSR count). The Balaban J connectivity index is 1.34. The lowest BCUT2D eigenvalue weighted by molar-refractivity contribution is -0.117. The zero-order valence-corrected chi connectivity index (χ0v) is 20.6. The van der Waals surface area contributed by atoms with E-state index in [9.17, 15) is 9.59 Å². The fourth-order valence-corrected chi connectivity index (χ4v) is 6.05. The van der Waals surface area contributed by atoms with E-state index in [0.29, 0.717) is 17.1 Å². The zero-order valence-electron chi connectivity index (χ0n) is 19.8. The molecule has 2 heterocycles. The van der Waals surface area contributed by atoms with Gasteiger partial charge in [0.25, 0.3) is 0 Å². The lowest BCUT2D eigenvalue weighted by Crippen LogP contribution is -2.48. The second-order valence-corrected chi connectivity index (χ2v) is 10.3. The number of benzene rings is 1. The molecule has 6 nitrogen and oxygen atoms in total. The molecule has 1 N–H and O–H groups in total. The van der Waals surface area contributed by atoms with Gasteiger partial charge in [-0.05, 0) is 43.7 Å². The number of piperazine rings is 1. The fraction of sp³-hybridized carbons (Fsp3) is 0.538. The Morgan fingerprint density at radius 2 is 1.64 bits per heavy atom. The second kappa shape index (κ2) is 11.3. The van der Waals surface area contributed by atoms with Crippen LogP contribution in [0.2, 0.25) is 0 Å². The van der Waals surface area contributed by atoms with Gasteiger partial charge in [-0.2, -0.15) is 0 Å². The number of anilines is 1. The number of thiophene rings is 1. The van der Waals surface area contributed by atoms with Crippen LogP contribution in [0, 0.1) is 6.92 Å². The molecule has 1 aromatic heterocycles. The maximum Gasteiger partial charge on any atom is 0.341 e. The number of rotatable bonds is 6. The van der Waals surface area contributed by atoms with Gasteiger partial charge in [-0.15, -0.1) is 11.3 Å². The molecule has 0 radical (unpaired) electrons. The standard InChI is InChI=1S/C26H35N3O3S/c1-19-9-11-20(12-10-19)17-28-13-15-29(16-14-28)18-23(30)27-25-24(26(31)32-2)21-7-5-3-4-6-8-22(21)33-25/h9-12H,3-8,13-18H2,1-2H3,(H,27,30). The van der Waals surface area contributed by atoms with Gasteiger partial charge in [0.1, 0.15) is 5.00 Å². The molecule has 1 amide bonds. The summed E-state index contributed by atoms with van der Waals surface area (Å²) in [5.74, 6) is -0.394. The Morgan fingerprint density at radius 3 is 2.33 bits per heavy atom. The minimum Gasteiger partial charge on any atom is -0.465 e. The third-order valence-corrected chi connectivity index (χ3v) is 7.88. The van der Waals surface area contributed by atoms with Crippen LogP contribution in [-0.4, -0.2) is 61.5 Å². The Bertz CT molecular complexity index is 962. The lowest BCUT2D eigenvalue weighted by atomic mass is 9.96. The van der Waals surface area contributed by atoms with Crippen molar-refractivity contribution < 1.29 is 14.3 Å². The van der Waals surface area contributed by atoms with Gasteiger partial charge >= 0.3 is 5.97 Å². The molecule has 178 valence electrons. The van der Waals surface area contributed by atoms with Crippen LogP contribution < -0.4 is 5.32 Å². The second-order valence-electron chi connectivity index (χ2n) is 9.20. The molecule has 2 aromatic rings. The van der Waals surface area contributed by atoms with E-state index >= 15 is 0 Å². The largest absolute Gasteiger partial charge is 0.465 e. The molecule has 1 aliphatic heterocycles. The Kier molecular flexibility index (Phi) is 8.17. The molecular formula is C26H35N3O3S. The molecule has 0 unspecified atom stereocenters. The number of esters is 1. The smallest absolute Gasteiger partial charge is 0.341 e. The predicted molar refractivity (Wildman–Crippen MR) is 133 cm³/mol. The molecule has 0 saturated carbocycles. The van der Waals surface area contributed by atoms with Crippen LogP contribution in [0.1, 0.15) is 57.6 Å². The highest BCUT2D eigenvalue weighted by atomic mass is 32.1. The van der Waals surface area contributed by atoms with E-state index in [1.807, 2.05) is 0 Å². The highest BCUT2D eigenvalue weighted by Gasteiger charge is 2.27. The number of carbonyl (C=O) groups excluding carboxylic acids is 2. The molecule has 7 heteroatoms. The Hall–Kier alpha value is -2.22. The summed E-state index contributed by atoms with van der Waals surface area (Å²) in [7, 11) is 1.41. The van der Waals surface area contributed by atoms with Crippen molar-refractivity contribution in [1.29, 1.82) is 0 Å². The Morgan fingerprint density at radius 1 is 0.970 bits per heavy atom. The van der Waals surface area contributed by atoms with E-state index < -0.39 is 0 Å². The third-order valence-electron chi connectivity index (χ3n) is 6.67. The van der Waals surface area contributed by atoms with E-state index in [1.54, 1.807) is 11.3 Å². The van der Waals surface area contributed by atoms with E-state index in [0.717, 1.165) is 64.0 Å². The molecule has 0 atom stereocenters. The monoisotopic (exact) mass is 469 g/mol. The lowest BCUT2D eigenvalue weighted by Gasteiger charge is -2.34. The molecule has 1 saturated heterocycles. The molecule has 33 heavy (non-hydrogen) atoms. The van der Waals surface area contributed by atoms with Crippen LogP contribution in [0.3, 0.4) is 0 Å². The summed E-state index contributed by atoms with van der Waals surface area (Å²) >= 11 is 1.56. The number of fused-ring (bicyclic) bond motifs is 1. The van der Waals surface area contributed by atoms with Crippen molar-refractivity contribution >= 4 is 28.2 Å². The van der Waals surface area contributed by atoms with Crippen LogP contribution in [-0.2, 0) is 28.9 Å². The number of aryl methyl sites for hydroxylation is 2. The zero-order chi connectivity index (χ0) is 23.2. The van der Waals surface area contributed by atoms with Crippen molar-refractivity contribution in [2.24, 2.45) is 0 Å². The fourth-order valence-electron chi connectivity index (χ4n) is 4.75. The number of hydrogen-bond acceptors (Lipinski definition) is 6. The summed E-state index contributed by atoms with van der Waals surface area (Å²) in [4.78, 5) is 31.3. The van der Waals surface area contributed by atoms with Gasteiger partial charge in [0.15, 0.2) is 0 Å².